The van der Waals surface area contributed by atoms with E-state index in [1.807, 2.05) is 19.2 Å². The van der Waals surface area contributed by atoms with Gasteiger partial charge < -0.3 is 19.9 Å². The van der Waals surface area contributed by atoms with Crippen LogP contribution >= 0.6 is 0 Å². The number of rotatable bonds is 1. The van der Waals surface area contributed by atoms with Crippen LogP contribution in [-0.4, -0.2) is 45.2 Å². The first-order valence-electron chi connectivity index (χ1n) is 6.71. The van der Waals surface area contributed by atoms with Crippen molar-refractivity contribution >= 4 is 17.3 Å². The molecule has 5 nitrogen and oxygen atoms in total. The number of nitrogens with one attached hydrogen (secondary N) is 1. The highest BCUT2D eigenvalue weighted by Crippen LogP contribution is 2.41. The quantitative estimate of drug-likeness (QED) is 0.813. The summed E-state index contributed by atoms with van der Waals surface area (Å²) in [6.45, 7) is 5.69. The fraction of sp³-hybridized carbons (Fsp3) is 0.500. The van der Waals surface area contributed by atoms with Crippen molar-refractivity contribution in [2.24, 2.45) is 0 Å². The molecule has 102 valence electrons. The number of piperazine rings is 1. The van der Waals surface area contributed by atoms with Crippen molar-refractivity contribution in [3.05, 3.63) is 18.2 Å². The number of carbonyl (C=O) groups excluding carboxylic acids is 1. The van der Waals surface area contributed by atoms with E-state index in [0.717, 1.165) is 43.3 Å². The van der Waals surface area contributed by atoms with E-state index < -0.39 is 6.10 Å². The third-order valence-corrected chi connectivity index (χ3v) is 3.77. The number of hydrogen-bond donors (Lipinski definition) is 1. The summed E-state index contributed by atoms with van der Waals surface area (Å²) in [6.07, 6.45) is -0.415. The fourth-order valence-corrected chi connectivity index (χ4v) is 2.67. The van der Waals surface area contributed by atoms with Gasteiger partial charge in [0, 0.05) is 33.2 Å². The van der Waals surface area contributed by atoms with Crippen LogP contribution in [-0.2, 0) is 4.79 Å². The minimum absolute atomic E-state index is 0.00459. The van der Waals surface area contributed by atoms with Crippen molar-refractivity contribution in [2.75, 3.05) is 43.0 Å². The topological polar surface area (TPSA) is 44.8 Å². The molecular formula is C14H19N3O2. The number of fused-ring (bicyclic) bond motifs is 1. The van der Waals surface area contributed by atoms with Crippen LogP contribution in [0.3, 0.4) is 0 Å². The lowest BCUT2D eigenvalue weighted by Crippen LogP contribution is -2.45. The number of benzene rings is 1. The highest BCUT2D eigenvalue weighted by atomic mass is 16.5. The molecule has 3 rings (SSSR count). The first-order chi connectivity index (χ1) is 9.18. The van der Waals surface area contributed by atoms with Crippen LogP contribution in [0.25, 0.3) is 0 Å². The predicted molar refractivity (Wildman–Crippen MR) is 75.0 cm³/mol. The van der Waals surface area contributed by atoms with Crippen LogP contribution in [0.2, 0.25) is 0 Å². The summed E-state index contributed by atoms with van der Waals surface area (Å²) in [4.78, 5) is 16.0. The summed E-state index contributed by atoms with van der Waals surface area (Å²) in [5, 5.41) is 3.34. The van der Waals surface area contributed by atoms with Gasteiger partial charge >= 0.3 is 0 Å². The van der Waals surface area contributed by atoms with E-state index in [2.05, 4.69) is 16.3 Å². The van der Waals surface area contributed by atoms with E-state index in [0.29, 0.717) is 0 Å². The van der Waals surface area contributed by atoms with Crippen LogP contribution < -0.4 is 19.9 Å². The zero-order chi connectivity index (χ0) is 13.4. The molecule has 5 heteroatoms. The lowest BCUT2D eigenvalue weighted by molar-refractivity contribution is -0.125. The Morgan fingerprint density at radius 1 is 1.26 bits per heavy atom. The molecule has 2 aliphatic heterocycles. The number of para-hydroxylation sites is 1. The van der Waals surface area contributed by atoms with E-state index in [4.69, 9.17) is 4.74 Å². The molecule has 19 heavy (non-hydrogen) atoms. The van der Waals surface area contributed by atoms with Gasteiger partial charge in [0.15, 0.2) is 11.9 Å². The molecule has 1 N–H and O–H groups in total. The van der Waals surface area contributed by atoms with Gasteiger partial charge in [0.1, 0.15) is 0 Å². The summed E-state index contributed by atoms with van der Waals surface area (Å²) in [7, 11) is 1.81. The summed E-state index contributed by atoms with van der Waals surface area (Å²) in [5.74, 6) is 0.837. The van der Waals surface area contributed by atoms with Gasteiger partial charge in [0.2, 0.25) is 0 Å². The van der Waals surface area contributed by atoms with Gasteiger partial charge in [-0.3, -0.25) is 4.79 Å². The second-order valence-corrected chi connectivity index (χ2v) is 5.02. The molecule has 0 saturated carbocycles. The number of hydrogen-bond acceptors (Lipinski definition) is 4. The number of likely N-dealkylation sites (N-methyl/N-ethyl adjacent to an activating group) is 1. The molecule has 0 aliphatic carbocycles. The Morgan fingerprint density at radius 2 is 1.95 bits per heavy atom. The maximum atomic E-state index is 12.0. The van der Waals surface area contributed by atoms with Crippen LogP contribution in [0.1, 0.15) is 6.92 Å². The van der Waals surface area contributed by atoms with Crippen LogP contribution in [0.4, 0.5) is 11.4 Å². The predicted octanol–water partition coefficient (Wildman–Crippen LogP) is 0.840. The fourth-order valence-electron chi connectivity index (χ4n) is 2.67. The molecule has 2 heterocycles. The summed E-state index contributed by atoms with van der Waals surface area (Å²) < 4.78 is 5.85. The third kappa shape index (κ3) is 2.04. The SMILES string of the molecule is CC1Oc2c(N3CCNCC3)cccc2N(C)C1=O. The molecule has 1 aromatic carbocycles. The van der Waals surface area contributed by atoms with E-state index in [1.54, 1.807) is 11.8 Å². The molecule has 0 bridgehead atoms. The normalized spacial score (nSPS) is 23.1. The van der Waals surface area contributed by atoms with Gasteiger partial charge in [0.25, 0.3) is 5.91 Å². The summed E-state index contributed by atoms with van der Waals surface area (Å²) in [5.41, 5.74) is 1.95. The van der Waals surface area contributed by atoms with Gasteiger partial charge in [-0.15, -0.1) is 0 Å². The second-order valence-electron chi connectivity index (χ2n) is 5.02. The highest BCUT2D eigenvalue weighted by molar-refractivity contribution is 6.00. The molecule has 1 atom stereocenters. The van der Waals surface area contributed by atoms with E-state index in [9.17, 15) is 4.79 Å². The number of anilines is 2. The van der Waals surface area contributed by atoms with E-state index >= 15 is 0 Å². The molecule has 1 aromatic rings. The van der Waals surface area contributed by atoms with Gasteiger partial charge in [0.05, 0.1) is 11.4 Å². The molecule has 0 radical (unpaired) electrons. The third-order valence-electron chi connectivity index (χ3n) is 3.77. The molecule has 1 fully saturated rings. The maximum Gasteiger partial charge on any atom is 0.267 e. The Hall–Kier alpha value is -1.75. The molecule has 1 unspecified atom stereocenters. The second kappa shape index (κ2) is 4.74. The van der Waals surface area contributed by atoms with Crippen molar-refractivity contribution in [1.82, 2.24) is 5.32 Å². The highest BCUT2D eigenvalue weighted by Gasteiger charge is 2.31. The van der Waals surface area contributed by atoms with Gasteiger partial charge in [-0.25, -0.2) is 0 Å². The Bertz CT molecular complexity index is 497. The van der Waals surface area contributed by atoms with Crippen LogP contribution in [0.5, 0.6) is 5.75 Å². The zero-order valence-electron chi connectivity index (χ0n) is 11.3. The first kappa shape index (κ1) is 12.3. The smallest absolute Gasteiger partial charge is 0.267 e. The minimum Gasteiger partial charge on any atom is -0.476 e. The number of amides is 1. The average molecular weight is 261 g/mol. The monoisotopic (exact) mass is 261 g/mol. The minimum atomic E-state index is -0.415. The van der Waals surface area contributed by atoms with Crippen LogP contribution in [0.15, 0.2) is 18.2 Å². The standard InChI is InChI=1S/C14H19N3O2/c1-10-14(18)16(2)11-4-3-5-12(13(11)19-10)17-8-6-15-7-9-17/h3-5,10,15H,6-9H2,1-2H3. The van der Waals surface area contributed by atoms with Crippen molar-refractivity contribution in [3.8, 4) is 5.75 Å². The Balaban J connectivity index is 2.01. The largest absolute Gasteiger partial charge is 0.476 e. The molecule has 2 aliphatic rings. The molecule has 0 aromatic heterocycles. The molecule has 0 spiro atoms. The Kier molecular flexibility index (Phi) is 3.06. The van der Waals surface area contributed by atoms with Crippen molar-refractivity contribution in [2.45, 2.75) is 13.0 Å². The van der Waals surface area contributed by atoms with Gasteiger partial charge in [-0.2, -0.15) is 0 Å². The van der Waals surface area contributed by atoms with Crippen molar-refractivity contribution in [3.63, 3.8) is 0 Å². The first-order valence-corrected chi connectivity index (χ1v) is 6.71. The van der Waals surface area contributed by atoms with Crippen molar-refractivity contribution in [1.29, 1.82) is 0 Å². The molecular weight excluding hydrogens is 242 g/mol. The zero-order valence-corrected chi connectivity index (χ0v) is 11.3. The maximum absolute atomic E-state index is 12.0. The van der Waals surface area contributed by atoms with Crippen LogP contribution in [0, 0.1) is 0 Å². The summed E-state index contributed by atoms with van der Waals surface area (Å²) in [6, 6.07) is 5.99. The van der Waals surface area contributed by atoms with Crippen molar-refractivity contribution < 1.29 is 9.53 Å². The number of carbonyl (C=O) groups is 1. The molecule has 1 amide bonds. The Labute approximate surface area is 113 Å². The molecule has 1 saturated heterocycles. The number of nitrogens with zero attached hydrogens (tertiary/aromatic N) is 2. The lowest BCUT2D eigenvalue weighted by Gasteiger charge is -2.36. The van der Waals surface area contributed by atoms with E-state index in [1.165, 1.54) is 0 Å². The Morgan fingerprint density at radius 3 is 2.68 bits per heavy atom. The van der Waals surface area contributed by atoms with E-state index in [-0.39, 0.29) is 5.91 Å². The van der Waals surface area contributed by atoms with Gasteiger partial charge in [-0.1, -0.05) is 6.07 Å². The average Bonchev–Trinajstić information content (AvgIpc) is 2.45. The lowest BCUT2D eigenvalue weighted by atomic mass is 10.1. The summed E-state index contributed by atoms with van der Waals surface area (Å²) >= 11 is 0. The number of ether oxygens (including phenoxy) is 1. The van der Waals surface area contributed by atoms with Gasteiger partial charge in [-0.05, 0) is 19.1 Å².